The lowest BCUT2D eigenvalue weighted by Crippen LogP contribution is -2.33. The standard InChI is InChI=1S/C15H22N6OS/c1-9(2)15-20-19-13(23-15)7-17-14(22)12-6-16-5-11(12)10-4-18-21(3)8-10/h4,8-9,11-12,16H,5-7H2,1-3H3,(H,17,22)/t11-,12+/m1/s1. The molecule has 0 unspecified atom stereocenters. The average molecular weight is 334 g/mol. The van der Waals surface area contributed by atoms with E-state index in [4.69, 9.17) is 0 Å². The monoisotopic (exact) mass is 334 g/mol. The van der Waals surface area contributed by atoms with Gasteiger partial charge in [-0.05, 0) is 5.56 Å². The summed E-state index contributed by atoms with van der Waals surface area (Å²) in [6.45, 7) is 6.12. The van der Waals surface area contributed by atoms with Crippen LogP contribution in [0.1, 0.15) is 41.3 Å². The summed E-state index contributed by atoms with van der Waals surface area (Å²) < 4.78 is 1.78. The zero-order valence-corrected chi connectivity index (χ0v) is 14.4. The first-order valence-corrected chi connectivity index (χ1v) is 8.65. The summed E-state index contributed by atoms with van der Waals surface area (Å²) in [5.41, 5.74) is 1.11. The number of hydrogen-bond acceptors (Lipinski definition) is 6. The van der Waals surface area contributed by atoms with Crippen LogP contribution < -0.4 is 10.6 Å². The van der Waals surface area contributed by atoms with Gasteiger partial charge < -0.3 is 10.6 Å². The molecule has 2 atom stereocenters. The molecule has 2 N–H and O–H groups in total. The maximum atomic E-state index is 12.5. The van der Waals surface area contributed by atoms with Crippen LogP contribution in [0.25, 0.3) is 0 Å². The van der Waals surface area contributed by atoms with Gasteiger partial charge in [0.05, 0.1) is 18.7 Å². The fourth-order valence-electron chi connectivity index (χ4n) is 2.80. The van der Waals surface area contributed by atoms with Crippen molar-refractivity contribution in [3.8, 4) is 0 Å². The fraction of sp³-hybridized carbons (Fsp3) is 0.600. The number of amides is 1. The number of nitrogens with zero attached hydrogens (tertiary/aromatic N) is 4. The van der Waals surface area contributed by atoms with E-state index in [0.29, 0.717) is 19.0 Å². The first-order chi connectivity index (χ1) is 11.0. The number of aryl methyl sites for hydroxylation is 1. The lowest BCUT2D eigenvalue weighted by atomic mass is 9.90. The van der Waals surface area contributed by atoms with Crippen molar-refractivity contribution in [1.29, 1.82) is 0 Å². The summed E-state index contributed by atoms with van der Waals surface area (Å²) in [5, 5.41) is 20.7. The van der Waals surface area contributed by atoms with E-state index in [2.05, 4.69) is 39.8 Å². The molecule has 1 amide bonds. The number of aromatic nitrogens is 4. The third-order valence-corrected chi connectivity index (χ3v) is 5.32. The molecule has 0 saturated carbocycles. The van der Waals surface area contributed by atoms with E-state index >= 15 is 0 Å². The highest BCUT2D eigenvalue weighted by Gasteiger charge is 2.34. The van der Waals surface area contributed by atoms with E-state index in [0.717, 1.165) is 22.1 Å². The highest BCUT2D eigenvalue weighted by atomic mass is 32.1. The maximum absolute atomic E-state index is 12.5. The average Bonchev–Trinajstić information content (AvgIpc) is 3.24. The van der Waals surface area contributed by atoms with Crippen LogP contribution in [0, 0.1) is 5.92 Å². The molecule has 8 heteroatoms. The Balaban J connectivity index is 1.60. The van der Waals surface area contributed by atoms with E-state index in [1.54, 1.807) is 16.0 Å². The van der Waals surface area contributed by atoms with Gasteiger partial charge in [0.2, 0.25) is 5.91 Å². The molecular weight excluding hydrogens is 312 g/mol. The van der Waals surface area contributed by atoms with Gasteiger partial charge in [-0.25, -0.2) is 0 Å². The minimum atomic E-state index is -0.0725. The van der Waals surface area contributed by atoms with Crippen molar-refractivity contribution >= 4 is 17.2 Å². The predicted octanol–water partition coefficient (Wildman–Crippen LogP) is 1.01. The summed E-state index contributed by atoms with van der Waals surface area (Å²) >= 11 is 1.56. The molecule has 1 aliphatic rings. The maximum Gasteiger partial charge on any atom is 0.225 e. The number of nitrogens with one attached hydrogen (secondary N) is 2. The molecule has 124 valence electrons. The Morgan fingerprint density at radius 3 is 2.96 bits per heavy atom. The normalized spacial score (nSPS) is 21.0. The van der Waals surface area contributed by atoms with Crippen LogP contribution in [0.4, 0.5) is 0 Å². The highest BCUT2D eigenvalue weighted by Crippen LogP contribution is 2.28. The predicted molar refractivity (Wildman–Crippen MR) is 88.2 cm³/mol. The largest absolute Gasteiger partial charge is 0.349 e. The van der Waals surface area contributed by atoms with Crippen molar-refractivity contribution in [3.63, 3.8) is 0 Å². The molecule has 23 heavy (non-hydrogen) atoms. The van der Waals surface area contributed by atoms with Crippen LogP contribution in [0.2, 0.25) is 0 Å². The summed E-state index contributed by atoms with van der Waals surface area (Å²) in [6.07, 6.45) is 3.83. The Kier molecular flexibility index (Phi) is 4.72. The number of rotatable bonds is 5. The van der Waals surface area contributed by atoms with Crippen molar-refractivity contribution in [1.82, 2.24) is 30.6 Å². The first kappa shape index (κ1) is 16.1. The summed E-state index contributed by atoms with van der Waals surface area (Å²) in [6, 6.07) is 0. The van der Waals surface area contributed by atoms with E-state index in [9.17, 15) is 4.79 Å². The first-order valence-electron chi connectivity index (χ1n) is 7.84. The molecule has 3 heterocycles. The summed E-state index contributed by atoms with van der Waals surface area (Å²) in [5.74, 6) is 0.525. The molecule has 1 fully saturated rings. The minimum absolute atomic E-state index is 0.0603. The van der Waals surface area contributed by atoms with Gasteiger partial charge in [0, 0.05) is 38.2 Å². The molecule has 0 spiro atoms. The van der Waals surface area contributed by atoms with Crippen molar-refractivity contribution in [3.05, 3.63) is 28.0 Å². The van der Waals surface area contributed by atoms with Crippen molar-refractivity contribution in [2.45, 2.75) is 32.2 Å². The van der Waals surface area contributed by atoms with Gasteiger partial charge in [0.15, 0.2) is 0 Å². The molecule has 0 aliphatic carbocycles. The van der Waals surface area contributed by atoms with E-state index in [1.807, 2.05) is 19.4 Å². The lowest BCUT2D eigenvalue weighted by Gasteiger charge is -2.16. The SMILES string of the molecule is CC(C)c1nnc(CNC(=O)[C@H]2CNC[C@@H]2c2cnn(C)c2)s1. The van der Waals surface area contributed by atoms with Crippen LogP contribution >= 0.6 is 11.3 Å². The van der Waals surface area contributed by atoms with Crippen LogP contribution in [-0.4, -0.2) is 39.0 Å². The number of carbonyl (C=O) groups excluding carboxylic acids is 1. The van der Waals surface area contributed by atoms with Gasteiger partial charge in [-0.1, -0.05) is 25.2 Å². The second-order valence-corrected chi connectivity index (χ2v) is 7.32. The van der Waals surface area contributed by atoms with E-state index < -0.39 is 0 Å². The molecule has 0 aromatic carbocycles. The second kappa shape index (κ2) is 6.76. The quantitative estimate of drug-likeness (QED) is 0.853. The Hall–Kier alpha value is -1.80. The topological polar surface area (TPSA) is 84.7 Å². The molecule has 3 rings (SSSR count). The second-order valence-electron chi connectivity index (χ2n) is 6.23. The molecule has 7 nitrogen and oxygen atoms in total. The molecule has 0 bridgehead atoms. The van der Waals surface area contributed by atoms with Crippen LogP contribution in [0.3, 0.4) is 0 Å². The fourth-order valence-corrected chi connectivity index (χ4v) is 3.59. The third kappa shape index (κ3) is 3.59. The molecule has 2 aromatic rings. The van der Waals surface area contributed by atoms with Crippen LogP contribution in [-0.2, 0) is 18.4 Å². The van der Waals surface area contributed by atoms with Crippen molar-refractivity contribution in [2.75, 3.05) is 13.1 Å². The van der Waals surface area contributed by atoms with Gasteiger partial charge in [-0.3, -0.25) is 9.48 Å². The molecule has 1 saturated heterocycles. The smallest absolute Gasteiger partial charge is 0.225 e. The molecule has 2 aromatic heterocycles. The third-order valence-electron chi connectivity index (χ3n) is 4.09. The molecular formula is C15H22N6OS. The van der Waals surface area contributed by atoms with Crippen molar-refractivity contribution < 1.29 is 4.79 Å². The molecule has 1 aliphatic heterocycles. The van der Waals surface area contributed by atoms with Crippen molar-refractivity contribution in [2.24, 2.45) is 13.0 Å². The lowest BCUT2D eigenvalue weighted by molar-refractivity contribution is -0.125. The summed E-state index contributed by atoms with van der Waals surface area (Å²) in [7, 11) is 1.89. The van der Waals surface area contributed by atoms with Crippen LogP contribution in [0.15, 0.2) is 12.4 Å². The van der Waals surface area contributed by atoms with E-state index in [1.165, 1.54) is 0 Å². The van der Waals surface area contributed by atoms with Gasteiger partial charge in [-0.15, -0.1) is 10.2 Å². The van der Waals surface area contributed by atoms with Gasteiger partial charge in [-0.2, -0.15) is 5.10 Å². The Bertz CT molecular complexity index is 679. The zero-order chi connectivity index (χ0) is 16.4. The molecule has 0 radical (unpaired) electrons. The van der Waals surface area contributed by atoms with Gasteiger partial charge >= 0.3 is 0 Å². The highest BCUT2D eigenvalue weighted by molar-refractivity contribution is 7.11. The number of hydrogen-bond donors (Lipinski definition) is 2. The summed E-state index contributed by atoms with van der Waals surface area (Å²) in [4.78, 5) is 12.5. The van der Waals surface area contributed by atoms with Gasteiger partial charge in [0.1, 0.15) is 10.0 Å². The van der Waals surface area contributed by atoms with E-state index in [-0.39, 0.29) is 17.7 Å². The number of carbonyl (C=O) groups is 1. The zero-order valence-electron chi connectivity index (χ0n) is 13.6. The Morgan fingerprint density at radius 2 is 2.30 bits per heavy atom. The Labute approximate surface area is 139 Å². The Morgan fingerprint density at radius 1 is 1.48 bits per heavy atom. The van der Waals surface area contributed by atoms with Crippen LogP contribution in [0.5, 0.6) is 0 Å². The minimum Gasteiger partial charge on any atom is -0.349 e. The van der Waals surface area contributed by atoms with Gasteiger partial charge in [0.25, 0.3) is 0 Å².